The van der Waals surface area contributed by atoms with Gasteiger partial charge in [-0.1, -0.05) is 55.3 Å². The molecular formula is C25H27N5O5S2. The summed E-state index contributed by atoms with van der Waals surface area (Å²) in [5, 5.41) is 15.7. The van der Waals surface area contributed by atoms with Crippen LogP contribution in [0.4, 0.5) is 5.69 Å². The molecule has 37 heavy (non-hydrogen) atoms. The third-order valence-corrected chi connectivity index (χ3v) is 8.83. The van der Waals surface area contributed by atoms with E-state index in [9.17, 15) is 21.6 Å². The van der Waals surface area contributed by atoms with Gasteiger partial charge in [-0.2, -0.15) is 4.72 Å². The van der Waals surface area contributed by atoms with E-state index < -0.39 is 31.5 Å². The summed E-state index contributed by atoms with van der Waals surface area (Å²) in [6.07, 6.45) is 1.99. The van der Waals surface area contributed by atoms with Crippen molar-refractivity contribution in [3.05, 3.63) is 78.4 Å². The number of sulfonamides is 2. The van der Waals surface area contributed by atoms with Gasteiger partial charge < -0.3 is 11.1 Å². The summed E-state index contributed by atoms with van der Waals surface area (Å²) in [6, 6.07) is 18.6. The van der Waals surface area contributed by atoms with Crippen LogP contribution in [-0.2, 0) is 24.8 Å². The Balaban J connectivity index is 1.57. The van der Waals surface area contributed by atoms with Gasteiger partial charge in [0.15, 0.2) is 0 Å². The highest BCUT2D eigenvalue weighted by Crippen LogP contribution is 2.33. The number of nitrogen functional groups attached to an aromatic ring is 1. The predicted molar refractivity (Wildman–Crippen MR) is 141 cm³/mol. The van der Waals surface area contributed by atoms with E-state index in [0.717, 1.165) is 0 Å². The molecule has 1 amide bonds. The maximum Gasteiger partial charge on any atom is 0.245 e. The number of carbonyl (C=O) groups excluding carboxylic acids is 1. The van der Waals surface area contributed by atoms with Crippen molar-refractivity contribution in [1.29, 1.82) is 5.41 Å². The number of rotatable bonds is 8. The van der Waals surface area contributed by atoms with Crippen LogP contribution in [0, 0.1) is 5.41 Å². The lowest BCUT2D eigenvalue weighted by Gasteiger charge is -2.29. The van der Waals surface area contributed by atoms with Gasteiger partial charge in [-0.15, -0.1) is 0 Å². The molecule has 0 saturated heterocycles. The molecule has 1 fully saturated rings. The van der Waals surface area contributed by atoms with Gasteiger partial charge in [-0.25, -0.2) is 22.0 Å². The van der Waals surface area contributed by atoms with E-state index in [1.807, 2.05) is 0 Å². The minimum atomic E-state index is -4.09. The van der Waals surface area contributed by atoms with Crippen LogP contribution in [0.15, 0.2) is 82.6 Å². The highest BCUT2D eigenvalue weighted by atomic mass is 32.2. The summed E-state index contributed by atoms with van der Waals surface area (Å²) in [6.45, 7) is 0. The molecule has 0 aliphatic heterocycles. The Morgan fingerprint density at radius 3 is 2.16 bits per heavy atom. The molecule has 0 aromatic heterocycles. The van der Waals surface area contributed by atoms with Crippen LogP contribution in [0.1, 0.15) is 31.2 Å². The topological polar surface area (TPSA) is 185 Å². The van der Waals surface area contributed by atoms with Crippen molar-refractivity contribution in [2.75, 3.05) is 5.32 Å². The van der Waals surface area contributed by atoms with E-state index in [1.54, 1.807) is 42.5 Å². The molecule has 0 unspecified atom stereocenters. The molecule has 3 aromatic rings. The molecule has 0 bridgehead atoms. The molecule has 1 aliphatic rings. The third kappa shape index (κ3) is 5.72. The molecule has 1 saturated carbocycles. The van der Waals surface area contributed by atoms with Crippen molar-refractivity contribution in [3.63, 3.8) is 0 Å². The molecule has 0 spiro atoms. The van der Waals surface area contributed by atoms with Gasteiger partial charge >= 0.3 is 0 Å². The average Bonchev–Trinajstić information content (AvgIpc) is 3.33. The molecular weight excluding hydrogens is 514 g/mol. The highest BCUT2D eigenvalue weighted by molar-refractivity contribution is 7.89. The first-order chi connectivity index (χ1) is 17.4. The molecule has 10 nitrogen and oxygen atoms in total. The quantitative estimate of drug-likeness (QED) is 0.215. The van der Waals surface area contributed by atoms with Crippen molar-refractivity contribution in [2.24, 2.45) is 10.9 Å². The van der Waals surface area contributed by atoms with E-state index >= 15 is 0 Å². The number of carbonyl (C=O) groups is 1. The Hall–Kier alpha value is -3.58. The Morgan fingerprint density at radius 1 is 0.892 bits per heavy atom. The van der Waals surface area contributed by atoms with E-state index in [2.05, 4.69) is 10.0 Å². The molecule has 1 aliphatic carbocycles. The van der Waals surface area contributed by atoms with Crippen LogP contribution < -0.4 is 20.9 Å². The van der Waals surface area contributed by atoms with Crippen LogP contribution in [0.25, 0.3) is 11.1 Å². The monoisotopic (exact) mass is 541 g/mol. The summed E-state index contributed by atoms with van der Waals surface area (Å²) in [5.41, 5.74) is 5.85. The Kier molecular flexibility index (Phi) is 7.20. The molecule has 12 heteroatoms. The summed E-state index contributed by atoms with van der Waals surface area (Å²) < 4.78 is 52.8. The lowest BCUT2D eigenvalue weighted by Crippen LogP contribution is -2.54. The number of hydrogen-bond acceptors (Lipinski definition) is 6. The molecule has 0 atom stereocenters. The number of amides is 1. The number of hydrogen-bond donors (Lipinski definition) is 5. The van der Waals surface area contributed by atoms with Crippen LogP contribution in [-0.4, -0.2) is 34.1 Å². The SMILES string of the molecule is N=C(N)c1cccc(S(=O)(=O)NC2(C(=O)Nc3ccc(-c4ccccc4S(N)(=O)=O)cc3)CCCC2)c1. The Bertz CT molecular complexity index is 1560. The predicted octanol–water partition coefficient (Wildman–Crippen LogP) is 2.51. The molecule has 0 radical (unpaired) electrons. The maximum atomic E-state index is 13.4. The van der Waals surface area contributed by atoms with Crippen LogP contribution in [0.3, 0.4) is 0 Å². The van der Waals surface area contributed by atoms with Crippen LogP contribution in [0.5, 0.6) is 0 Å². The maximum absolute atomic E-state index is 13.4. The number of primary sulfonamides is 1. The molecule has 7 N–H and O–H groups in total. The Labute approximate surface area is 215 Å². The summed E-state index contributed by atoms with van der Waals surface area (Å²) >= 11 is 0. The smallest absolute Gasteiger partial charge is 0.245 e. The van der Waals surface area contributed by atoms with Crippen molar-refractivity contribution >= 4 is 37.5 Å². The summed E-state index contributed by atoms with van der Waals surface area (Å²) in [4.78, 5) is 13.3. The standard InChI is InChI=1S/C25H27N5O5S2/c26-23(27)18-6-5-7-20(16-18)37(34,35)30-25(14-3-4-15-25)24(31)29-19-12-10-17(11-13-19)21-8-1-2-9-22(21)36(28,32)33/h1-2,5-13,16,30H,3-4,14-15H2,(H3,26,27)(H,29,31)(H2,28,32,33). The van der Waals surface area contributed by atoms with Crippen molar-refractivity contribution in [3.8, 4) is 11.1 Å². The minimum absolute atomic E-state index is 0.0139. The zero-order valence-electron chi connectivity index (χ0n) is 19.8. The third-order valence-electron chi connectivity index (χ3n) is 6.32. The van der Waals surface area contributed by atoms with Gasteiger partial charge in [0, 0.05) is 16.8 Å². The fourth-order valence-electron chi connectivity index (χ4n) is 4.44. The first-order valence-electron chi connectivity index (χ1n) is 11.4. The van der Waals surface area contributed by atoms with E-state index in [4.69, 9.17) is 16.3 Å². The van der Waals surface area contributed by atoms with Gasteiger partial charge in [-0.05, 0) is 48.7 Å². The summed E-state index contributed by atoms with van der Waals surface area (Å²) in [5.74, 6) is -0.755. The first kappa shape index (κ1) is 26.5. The molecule has 4 rings (SSSR count). The van der Waals surface area contributed by atoms with Crippen molar-refractivity contribution < 1.29 is 21.6 Å². The highest BCUT2D eigenvalue weighted by Gasteiger charge is 2.44. The zero-order valence-corrected chi connectivity index (χ0v) is 21.4. The van der Waals surface area contributed by atoms with Gasteiger partial charge in [-0.3, -0.25) is 10.2 Å². The number of amidine groups is 1. The normalized spacial score (nSPS) is 15.3. The first-order valence-corrected chi connectivity index (χ1v) is 14.5. The second-order valence-electron chi connectivity index (χ2n) is 8.91. The largest absolute Gasteiger partial charge is 0.384 e. The number of nitrogens with two attached hydrogens (primary N) is 2. The van der Waals surface area contributed by atoms with Gasteiger partial charge in [0.05, 0.1) is 9.79 Å². The molecule has 3 aromatic carbocycles. The molecule has 194 valence electrons. The van der Waals surface area contributed by atoms with Gasteiger partial charge in [0.25, 0.3) is 0 Å². The van der Waals surface area contributed by atoms with E-state index in [1.165, 1.54) is 30.3 Å². The van der Waals surface area contributed by atoms with E-state index in [-0.39, 0.29) is 21.2 Å². The minimum Gasteiger partial charge on any atom is -0.384 e. The number of anilines is 1. The van der Waals surface area contributed by atoms with Gasteiger partial charge in [0.2, 0.25) is 26.0 Å². The lowest BCUT2D eigenvalue weighted by molar-refractivity contribution is -0.121. The fourth-order valence-corrected chi connectivity index (χ4v) is 6.67. The Morgan fingerprint density at radius 2 is 1.54 bits per heavy atom. The van der Waals surface area contributed by atoms with Gasteiger partial charge in [0.1, 0.15) is 11.4 Å². The molecule has 0 heterocycles. The van der Waals surface area contributed by atoms with Crippen LogP contribution >= 0.6 is 0 Å². The average molecular weight is 542 g/mol. The number of nitrogens with one attached hydrogen (secondary N) is 3. The zero-order chi connectivity index (χ0) is 26.8. The number of benzene rings is 3. The summed E-state index contributed by atoms with van der Waals surface area (Å²) in [7, 11) is -8.02. The lowest BCUT2D eigenvalue weighted by atomic mass is 9.98. The van der Waals surface area contributed by atoms with Crippen molar-refractivity contribution in [1.82, 2.24) is 4.72 Å². The van der Waals surface area contributed by atoms with Crippen LogP contribution in [0.2, 0.25) is 0 Å². The second-order valence-corrected chi connectivity index (χ2v) is 12.1. The second kappa shape index (κ2) is 10.1. The van der Waals surface area contributed by atoms with Crippen molar-refractivity contribution in [2.45, 2.75) is 41.0 Å². The van der Waals surface area contributed by atoms with E-state index in [0.29, 0.717) is 42.5 Å². The fraction of sp³-hybridized carbons (Fsp3) is 0.200.